The van der Waals surface area contributed by atoms with E-state index in [1.54, 1.807) is 18.2 Å². The quantitative estimate of drug-likeness (QED) is 0.709. The molecule has 102 valence electrons. The highest BCUT2D eigenvalue weighted by atomic mass is 16.3. The first-order valence-corrected chi connectivity index (χ1v) is 6.32. The summed E-state index contributed by atoms with van der Waals surface area (Å²) in [6.45, 7) is 4.16. The van der Waals surface area contributed by atoms with E-state index in [2.05, 4.69) is 10.6 Å². The van der Waals surface area contributed by atoms with Gasteiger partial charge in [-0.3, -0.25) is 9.59 Å². The van der Waals surface area contributed by atoms with Crippen molar-refractivity contribution in [2.45, 2.75) is 25.7 Å². The lowest BCUT2D eigenvalue weighted by atomic mass is 9.85. The zero-order chi connectivity index (χ0) is 14.0. The summed E-state index contributed by atoms with van der Waals surface area (Å²) in [5, 5.41) is 14.2. The first-order valence-electron chi connectivity index (χ1n) is 6.32. The third-order valence-electron chi connectivity index (χ3n) is 3.39. The number of nitrogens with one attached hydrogen (secondary N) is 2. The van der Waals surface area contributed by atoms with Gasteiger partial charge in [-0.2, -0.15) is 0 Å². The molecule has 5 nitrogen and oxygen atoms in total. The predicted octanol–water partition coefficient (Wildman–Crippen LogP) is 1.03. The van der Waals surface area contributed by atoms with Gasteiger partial charge in [0.15, 0.2) is 0 Å². The molecule has 1 aliphatic heterocycles. The average Bonchev–Trinajstić information content (AvgIpc) is 2.60. The average molecular weight is 262 g/mol. The van der Waals surface area contributed by atoms with Crippen LogP contribution in [0.1, 0.15) is 36.2 Å². The van der Waals surface area contributed by atoms with Crippen molar-refractivity contribution in [1.82, 2.24) is 5.32 Å². The standard InChI is InChI=1S/C14H18N2O3/c1-14(2)10-8-9(12(18)15-6-3-7-17)4-5-11(10)16-13(14)19/h4-5,8,17H,3,6-7H2,1-2H3,(H,15,18)(H,16,19). The molecule has 19 heavy (non-hydrogen) atoms. The number of aliphatic hydroxyl groups excluding tert-OH is 1. The van der Waals surface area contributed by atoms with E-state index in [-0.39, 0.29) is 18.4 Å². The molecule has 2 amide bonds. The molecule has 0 aromatic heterocycles. The summed E-state index contributed by atoms with van der Waals surface area (Å²) in [7, 11) is 0. The molecule has 0 unspecified atom stereocenters. The number of hydrogen-bond donors (Lipinski definition) is 3. The Morgan fingerprint density at radius 3 is 2.84 bits per heavy atom. The lowest BCUT2D eigenvalue weighted by Crippen LogP contribution is -2.28. The Balaban J connectivity index is 2.20. The van der Waals surface area contributed by atoms with Crippen molar-refractivity contribution in [2.75, 3.05) is 18.5 Å². The van der Waals surface area contributed by atoms with E-state index in [1.807, 2.05) is 13.8 Å². The van der Waals surface area contributed by atoms with Gasteiger partial charge in [0.05, 0.1) is 5.41 Å². The molecule has 0 fully saturated rings. The minimum atomic E-state index is -0.614. The van der Waals surface area contributed by atoms with Gasteiger partial charge < -0.3 is 15.7 Å². The third-order valence-corrected chi connectivity index (χ3v) is 3.39. The van der Waals surface area contributed by atoms with Gasteiger partial charge in [0.25, 0.3) is 5.91 Å². The molecule has 0 bridgehead atoms. The molecule has 3 N–H and O–H groups in total. The van der Waals surface area contributed by atoms with Crippen molar-refractivity contribution in [3.63, 3.8) is 0 Å². The summed E-state index contributed by atoms with van der Waals surface area (Å²) >= 11 is 0. The molecular formula is C14H18N2O3. The fourth-order valence-corrected chi connectivity index (χ4v) is 2.10. The summed E-state index contributed by atoms with van der Waals surface area (Å²) in [6, 6.07) is 5.19. The molecule has 0 saturated carbocycles. The Kier molecular flexibility index (Phi) is 3.57. The minimum Gasteiger partial charge on any atom is -0.396 e. The Labute approximate surface area is 112 Å². The summed E-state index contributed by atoms with van der Waals surface area (Å²) < 4.78 is 0. The Morgan fingerprint density at radius 2 is 2.16 bits per heavy atom. The number of benzene rings is 1. The number of anilines is 1. The zero-order valence-electron chi connectivity index (χ0n) is 11.1. The topological polar surface area (TPSA) is 78.4 Å². The zero-order valence-corrected chi connectivity index (χ0v) is 11.1. The monoisotopic (exact) mass is 262 g/mol. The van der Waals surface area contributed by atoms with Crippen LogP contribution in [0, 0.1) is 0 Å². The lowest BCUT2D eigenvalue weighted by molar-refractivity contribution is -0.119. The van der Waals surface area contributed by atoms with Crippen LogP contribution in [0.3, 0.4) is 0 Å². The Hall–Kier alpha value is -1.88. The lowest BCUT2D eigenvalue weighted by Gasteiger charge is -2.15. The van der Waals surface area contributed by atoms with E-state index in [0.29, 0.717) is 18.5 Å². The maximum absolute atomic E-state index is 11.9. The van der Waals surface area contributed by atoms with E-state index in [4.69, 9.17) is 5.11 Å². The maximum atomic E-state index is 11.9. The Bertz CT molecular complexity index is 523. The van der Waals surface area contributed by atoms with Crippen molar-refractivity contribution in [3.05, 3.63) is 29.3 Å². The van der Waals surface area contributed by atoms with Crippen molar-refractivity contribution in [2.24, 2.45) is 0 Å². The van der Waals surface area contributed by atoms with Gasteiger partial charge in [-0.1, -0.05) is 0 Å². The number of hydrogen-bond acceptors (Lipinski definition) is 3. The predicted molar refractivity (Wildman–Crippen MR) is 72.1 cm³/mol. The number of carbonyl (C=O) groups is 2. The van der Waals surface area contributed by atoms with Gasteiger partial charge in [-0.05, 0) is 44.0 Å². The summed E-state index contributed by atoms with van der Waals surface area (Å²) in [5.41, 5.74) is 1.52. The highest BCUT2D eigenvalue weighted by molar-refractivity contribution is 6.07. The van der Waals surface area contributed by atoms with Gasteiger partial charge >= 0.3 is 0 Å². The summed E-state index contributed by atoms with van der Waals surface area (Å²) in [4.78, 5) is 23.7. The summed E-state index contributed by atoms with van der Waals surface area (Å²) in [6.07, 6.45) is 0.530. The molecule has 0 aliphatic carbocycles. The van der Waals surface area contributed by atoms with Crippen LogP contribution in [-0.2, 0) is 10.2 Å². The summed E-state index contributed by atoms with van der Waals surface area (Å²) in [5.74, 6) is -0.244. The molecule has 1 aromatic rings. The van der Waals surface area contributed by atoms with Crippen LogP contribution in [-0.4, -0.2) is 30.1 Å². The first kappa shape index (κ1) is 13.5. The fourth-order valence-electron chi connectivity index (χ4n) is 2.10. The maximum Gasteiger partial charge on any atom is 0.251 e. The fraction of sp³-hybridized carbons (Fsp3) is 0.429. The van der Waals surface area contributed by atoms with Crippen LogP contribution in [0.25, 0.3) is 0 Å². The molecule has 5 heteroatoms. The van der Waals surface area contributed by atoms with E-state index in [9.17, 15) is 9.59 Å². The molecular weight excluding hydrogens is 244 g/mol. The number of amides is 2. The molecule has 0 spiro atoms. The van der Waals surface area contributed by atoms with E-state index >= 15 is 0 Å². The van der Waals surface area contributed by atoms with Gasteiger partial charge in [0.2, 0.25) is 5.91 Å². The second-order valence-electron chi connectivity index (χ2n) is 5.17. The van der Waals surface area contributed by atoms with Crippen LogP contribution in [0.15, 0.2) is 18.2 Å². The molecule has 1 aromatic carbocycles. The highest BCUT2D eigenvalue weighted by Gasteiger charge is 2.38. The van der Waals surface area contributed by atoms with Crippen molar-refractivity contribution >= 4 is 17.5 Å². The third kappa shape index (κ3) is 2.46. The number of aliphatic hydroxyl groups is 1. The van der Waals surface area contributed by atoms with Crippen molar-refractivity contribution in [3.8, 4) is 0 Å². The van der Waals surface area contributed by atoms with E-state index in [0.717, 1.165) is 11.3 Å². The number of rotatable bonds is 4. The van der Waals surface area contributed by atoms with Crippen LogP contribution in [0.5, 0.6) is 0 Å². The number of fused-ring (bicyclic) bond motifs is 1. The SMILES string of the molecule is CC1(C)C(=O)Nc2ccc(C(=O)NCCCO)cc21. The van der Waals surface area contributed by atoms with Crippen molar-refractivity contribution in [1.29, 1.82) is 0 Å². The Morgan fingerprint density at radius 1 is 1.42 bits per heavy atom. The van der Waals surface area contributed by atoms with Crippen LogP contribution >= 0.6 is 0 Å². The van der Waals surface area contributed by atoms with Crippen LogP contribution in [0.2, 0.25) is 0 Å². The van der Waals surface area contributed by atoms with E-state index < -0.39 is 5.41 Å². The highest BCUT2D eigenvalue weighted by Crippen LogP contribution is 2.37. The second kappa shape index (κ2) is 5.01. The second-order valence-corrected chi connectivity index (χ2v) is 5.17. The first-order chi connectivity index (χ1) is 8.96. The van der Waals surface area contributed by atoms with Crippen LogP contribution in [0.4, 0.5) is 5.69 Å². The minimum absolute atomic E-state index is 0.0515. The van der Waals surface area contributed by atoms with Gasteiger partial charge in [-0.25, -0.2) is 0 Å². The smallest absolute Gasteiger partial charge is 0.251 e. The van der Waals surface area contributed by atoms with Crippen LogP contribution < -0.4 is 10.6 Å². The molecule has 1 aliphatic rings. The molecule has 0 atom stereocenters. The number of carbonyl (C=O) groups excluding carboxylic acids is 2. The normalized spacial score (nSPS) is 15.8. The van der Waals surface area contributed by atoms with Gasteiger partial charge in [-0.15, -0.1) is 0 Å². The molecule has 1 heterocycles. The largest absolute Gasteiger partial charge is 0.396 e. The van der Waals surface area contributed by atoms with E-state index in [1.165, 1.54) is 0 Å². The van der Waals surface area contributed by atoms with Gasteiger partial charge in [0, 0.05) is 24.4 Å². The molecule has 0 saturated heterocycles. The van der Waals surface area contributed by atoms with Gasteiger partial charge in [0.1, 0.15) is 0 Å². The van der Waals surface area contributed by atoms with Crippen molar-refractivity contribution < 1.29 is 14.7 Å². The molecule has 2 rings (SSSR count). The molecule has 0 radical (unpaired) electrons.